The van der Waals surface area contributed by atoms with Crippen LogP contribution < -0.4 is 5.73 Å². The molecule has 0 radical (unpaired) electrons. The van der Waals surface area contributed by atoms with Gasteiger partial charge in [0.05, 0.1) is 12.4 Å². The number of nitrogens with zero attached hydrogens (tertiary/aromatic N) is 1. The first-order chi connectivity index (χ1) is 4.43. The Balaban J connectivity index is 2.57. The third-order valence-corrected chi connectivity index (χ3v) is 0.958. The van der Waals surface area contributed by atoms with Gasteiger partial charge in [0.1, 0.15) is 0 Å². The molecular formula is C6H9N3. The van der Waals surface area contributed by atoms with Crippen molar-refractivity contribution in [2.45, 2.75) is 0 Å². The van der Waals surface area contributed by atoms with Crippen molar-refractivity contribution in [1.82, 2.24) is 4.98 Å². The number of nitrogens with two attached hydrogens (primary N) is 1. The van der Waals surface area contributed by atoms with Crippen LogP contribution in [0, 0.1) is 0 Å². The van der Waals surface area contributed by atoms with Gasteiger partial charge in [-0.15, -0.1) is 0 Å². The van der Waals surface area contributed by atoms with Gasteiger partial charge in [-0.3, -0.25) is 4.99 Å². The number of H-pyrrole nitrogens is 1. The minimum absolute atomic E-state index is 0.346. The summed E-state index contributed by atoms with van der Waals surface area (Å²) < 4.78 is 0. The minimum atomic E-state index is 0.346. The molecule has 1 aromatic rings. The number of aromatic nitrogens is 1. The van der Waals surface area contributed by atoms with Gasteiger partial charge in [0.2, 0.25) is 0 Å². The molecule has 9 heavy (non-hydrogen) atoms. The van der Waals surface area contributed by atoms with Crippen LogP contribution in [0.1, 0.15) is 5.69 Å². The fraction of sp³-hybridized carbons (Fsp3) is 0.167. The molecule has 0 fully saturated rings. The van der Waals surface area contributed by atoms with E-state index in [4.69, 9.17) is 5.73 Å². The second-order valence-corrected chi connectivity index (χ2v) is 1.62. The monoisotopic (exact) mass is 123 g/mol. The van der Waals surface area contributed by atoms with Crippen LogP contribution in [0.3, 0.4) is 0 Å². The lowest BCUT2D eigenvalue weighted by Crippen LogP contribution is -1.94. The SMILES string of the molecule is NC/N=C\c1ccc[nH]1. The smallest absolute Gasteiger partial charge is 0.0860 e. The maximum Gasteiger partial charge on any atom is 0.0860 e. The van der Waals surface area contributed by atoms with Crippen molar-refractivity contribution >= 4 is 6.21 Å². The largest absolute Gasteiger partial charge is 0.360 e. The number of nitrogens with one attached hydrogen (secondary N) is 1. The van der Waals surface area contributed by atoms with Crippen LogP contribution in [0.4, 0.5) is 0 Å². The zero-order valence-corrected chi connectivity index (χ0v) is 5.04. The second kappa shape index (κ2) is 3.04. The number of hydrogen-bond acceptors (Lipinski definition) is 2. The Kier molecular flexibility index (Phi) is 2.04. The van der Waals surface area contributed by atoms with E-state index in [9.17, 15) is 0 Å². The normalized spacial score (nSPS) is 10.8. The van der Waals surface area contributed by atoms with E-state index >= 15 is 0 Å². The van der Waals surface area contributed by atoms with E-state index in [0.29, 0.717) is 6.67 Å². The van der Waals surface area contributed by atoms with E-state index in [1.54, 1.807) is 6.21 Å². The average Bonchev–Trinajstić information content (AvgIpc) is 2.34. The molecule has 3 N–H and O–H groups in total. The Hall–Kier alpha value is -1.09. The number of hydrogen-bond donors (Lipinski definition) is 2. The maximum atomic E-state index is 5.13. The molecule has 48 valence electrons. The van der Waals surface area contributed by atoms with Crippen molar-refractivity contribution in [1.29, 1.82) is 0 Å². The highest BCUT2D eigenvalue weighted by molar-refractivity contribution is 5.76. The summed E-state index contributed by atoms with van der Waals surface area (Å²) in [6.07, 6.45) is 3.55. The number of rotatable bonds is 2. The lowest BCUT2D eigenvalue weighted by Gasteiger charge is -1.81. The molecule has 0 aliphatic rings. The summed E-state index contributed by atoms with van der Waals surface area (Å²) in [7, 11) is 0. The molecule has 0 bridgehead atoms. The van der Waals surface area contributed by atoms with Crippen LogP contribution in [0.15, 0.2) is 23.3 Å². The second-order valence-electron chi connectivity index (χ2n) is 1.62. The Morgan fingerprint density at radius 1 is 1.78 bits per heavy atom. The zero-order chi connectivity index (χ0) is 6.53. The van der Waals surface area contributed by atoms with Crippen molar-refractivity contribution in [2.75, 3.05) is 6.67 Å². The van der Waals surface area contributed by atoms with E-state index in [2.05, 4.69) is 9.98 Å². The highest BCUT2D eigenvalue weighted by Gasteiger charge is 1.80. The van der Waals surface area contributed by atoms with Gasteiger partial charge in [0.25, 0.3) is 0 Å². The molecule has 0 amide bonds. The van der Waals surface area contributed by atoms with Crippen LogP contribution in [-0.4, -0.2) is 17.9 Å². The van der Waals surface area contributed by atoms with Crippen LogP contribution in [0.25, 0.3) is 0 Å². The van der Waals surface area contributed by atoms with Gasteiger partial charge in [-0.25, -0.2) is 0 Å². The predicted molar refractivity (Wildman–Crippen MR) is 37.4 cm³/mol. The summed E-state index contributed by atoms with van der Waals surface area (Å²) in [6.45, 7) is 0.346. The molecule has 3 nitrogen and oxygen atoms in total. The Bertz CT molecular complexity index is 176. The molecule has 1 rings (SSSR count). The van der Waals surface area contributed by atoms with Crippen LogP contribution in [0.5, 0.6) is 0 Å². The van der Waals surface area contributed by atoms with Crippen LogP contribution in [-0.2, 0) is 0 Å². The summed E-state index contributed by atoms with van der Waals surface area (Å²) in [5.74, 6) is 0. The first-order valence-corrected chi connectivity index (χ1v) is 2.77. The molecule has 0 aromatic carbocycles. The Labute approximate surface area is 53.6 Å². The van der Waals surface area contributed by atoms with Crippen molar-refractivity contribution in [3.8, 4) is 0 Å². The minimum Gasteiger partial charge on any atom is -0.360 e. The van der Waals surface area contributed by atoms with E-state index in [1.165, 1.54) is 0 Å². The van der Waals surface area contributed by atoms with E-state index in [-0.39, 0.29) is 0 Å². The van der Waals surface area contributed by atoms with E-state index < -0.39 is 0 Å². The number of aromatic amines is 1. The zero-order valence-electron chi connectivity index (χ0n) is 5.04. The molecule has 0 saturated heterocycles. The molecule has 3 heteroatoms. The molecule has 1 heterocycles. The molecule has 0 aliphatic heterocycles. The molecule has 0 saturated carbocycles. The first kappa shape index (κ1) is 6.04. The maximum absolute atomic E-state index is 5.13. The summed E-state index contributed by atoms with van der Waals surface area (Å²) in [5.41, 5.74) is 6.12. The van der Waals surface area contributed by atoms with E-state index in [0.717, 1.165) is 5.69 Å². The summed E-state index contributed by atoms with van der Waals surface area (Å²) in [6, 6.07) is 3.84. The summed E-state index contributed by atoms with van der Waals surface area (Å²) in [5, 5.41) is 0. The highest BCUT2D eigenvalue weighted by atomic mass is 14.9. The Morgan fingerprint density at radius 3 is 3.22 bits per heavy atom. The van der Waals surface area contributed by atoms with Gasteiger partial charge in [0.15, 0.2) is 0 Å². The quantitative estimate of drug-likeness (QED) is 0.548. The molecule has 0 atom stereocenters. The van der Waals surface area contributed by atoms with E-state index in [1.807, 2.05) is 18.3 Å². The summed E-state index contributed by atoms with van der Waals surface area (Å²) in [4.78, 5) is 6.80. The first-order valence-electron chi connectivity index (χ1n) is 2.77. The van der Waals surface area contributed by atoms with Gasteiger partial charge in [0, 0.05) is 12.4 Å². The molecular weight excluding hydrogens is 114 g/mol. The molecule has 0 aliphatic carbocycles. The van der Waals surface area contributed by atoms with Crippen molar-refractivity contribution in [2.24, 2.45) is 10.7 Å². The van der Waals surface area contributed by atoms with Gasteiger partial charge in [-0.2, -0.15) is 0 Å². The third-order valence-electron chi connectivity index (χ3n) is 0.958. The van der Waals surface area contributed by atoms with Crippen LogP contribution in [0.2, 0.25) is 0 Å². The lowest BCUT2D eigenvalue weighted by molar-refractivity contribution is 1.08. The third kappa shape index (κ3) is 1.70. The van der Waals surface area contributed by atoms with Gasteiger partial charge >= 0.3 is 0 Å². The molecule has 0 spiro atoms. The Morgan fingerprint density at radius 2 is 2.67 bits per heavy atom. The fourth-order valence-corrected chi connectivity index (χ4v) is 0.576. The topological polar surface area (TPSA) is 54.2 Å². The van der Waals surface area contributed by atoms with Gasteiger partial charge in [-0.05, 0) is 12.1 Å². The summed E-state index contributed by atoms with van der Waals surface area (Å²) >= 11 is 0. The predicted octanol–water partition coefficient (Wildman–Crippen LogP) is 0.350. The molecule has 0 unspecified atom stereocenters. The van der Waals surface area contributed by atoms with Crippen molar-refractivity contribution in [3.05, 3.63) is 24.0 Å². The lowest BCUT2D eigenvalue weighted by atomic mass is 10.5. The average molecular weight is 123 g/mol. The van der Waals surface area contributed by atoms with Crippen LogP contribution >= 0.6 is 0 Å². The fourth-order valence-electron chi connectivity index (χ4n) is 0.576. The van der Waals surface area contributed by atoms with Gasteiger partial charge in [-0.1, -0.05) is 0 Å². The van der Waals surface area contributed by atoms with Crippen molar-refractivity contribution < 1.29 is 0 Å². The standard InChI is InChI=1S/C6H9N3/c7-5-8-4-6-2-1-3-9-6/h1-4,9H,5,7H2/b8-4-. The van der Waals surface area contributed by atoms with Gasteiger partial charge < -0.3 is 10.7 Å². The highest BCUT2D eigenvalue weighted by Crippen LogP contribution is 1.87. The molecule has 1 aromatic heterocycles. The van der Waals surface area contributed by atoms with Crippen molar-refractivity contribution in [3.63, 3.8) is 0 Å². The number of aliphatic imine (C=N–C) groups is 1.